The average Bonchev–Trinajstić information content (AvgIpc) is 2.55. The molecule has 23 heavy (non-hydrogen) atoms. The van der Waals surface area contributed by atoms with E-state index in [0.29, 0.717) is 18.9 Å². The average molecular weight is 313 g/mol. The number of hydrogen-bond donors (Lipinski definition) is 0. The predicted molar refractivity (Wildman–Crippen MR) is 88.3 cm³/mol. The van der Waals surface area contributed by atoms with Crippen LogP contribution in [0.3, 0.4) is 0 Å². The lowest BCUT2D eigenvalue weighted by Gasteiger charge is -2.22. The Labute approximate surface area is 135 Å². The molecule has 0 N–H and O–H groups in total. The highest BCUT2D eigenvalue weighted by Gasteiger charge is 2.20. The lowest BCUT2D eigenvalue weighted by atomic mass is 9.84. The first kappa shape index (κ1) is 15.7. The minimum Gasteiger partial charge on any atom is -0.466 e. The van der Waals surface area contributed by atoms with Gasteiger partial charge in [0.25, 0.3) is 0 Å². The largest absolute Gasteiger partial charge is 0.466 e. The maximum absolute atomic E-state index is 13.6. The summed E-state index contributed by atoms with van der Waals surface area (Å²) in [6.07, 6.45) is 7.11. The van der Waals surface area contributed by atoms with Gasteiger partial charge in [0, 0.05) is 18.0 Å². The first-order chi connectivity index (χ1) is 11.2. The molecule has 1 atom stereocenters. The molecule has 0 fully saturated rings. The number of aromatic nitrogens is 1. The Kier molecular flexibility index (Phi) is 4.70. The number of rotatable bonds is 4. The molecule has 2 aromatic rings. The normalized spacial score (nSPS) is 17.8. The fourth-order valence-corrected chi connectivity index (χ4v) is 3.17. The lowest BCUT2D eigenvalue weighted by Crippen LogP contribution is -2.13. The molecule has 3 rings (SSSR count). The van der Waals surface area contributed by atoms with Crippen molar-refractivity contribution >= 4 is 22.4 Å². The van der Waals surface area contributed by atoms with Gasteiger partial charge in [-0.15, -0.1) is 0 Å². The topological polar surface area (TPSA) is 39.2 Å². The van der Waals surface area contributed by atoms with Crippen molar-refractivity contribution in [2.24, 2.45) is 5.92 Å². The van der Waals surface area contributed by atoms with Gasteiger partial charge in [0.1, 0.15) is 5.82 Å². The van der Waals surface area contributed by atoms with Crippen molar-refractivity contribution in [1.29, 1.82) is 0 Å². The van der Waals surface area contributed by atoms with E-state index in [9.17, 15) is 9.18 Å². The minimum atomic E-state index is -0.247. The highest BCUT2D eigenvalue weighted by atomic mass is 19.1. The fourth-order valence-electron chi connectivity index (χ4n) is 3.17. The van der Waals surface area contributed by atoms with E-state index < -0.39 is 0 Å². The predicted octanol–water partition coefficient (Wildman–Crippen LogP) is 4.51. The van der Waals surface area contributed by atoms with Crippen LogP contribution in [-0.2, 0) is 9.53 Å². The van der Waals surface area contributed by atoms with Gasteiger partial charge < -0.3 is 4.74 Å². The standard InChI is InChI=1S/C19H20FNO2/c1-2-23-19(22)11-13-3-5-14(6-4-13)16-9-10-21-18-8-7-15(20)12-17(16)18/h5,7-10,12-13H,2-4,6,11H2,1H3. The van der Waals surface area contributed by atoms with Crippen LogP contribution in [0, 0.1) is 11.7 Å². The van der Waals surface area contributed by atoms with E-state index in [1.54, 1.807) is 18.3 Å². The van der Waals surface area contributed by atoms with Crippen LogP contribution in [0.25, 0.3) is 16.5 Å². The molecule has 1 aromatic heterocycles. The molecular weight excluding hydrogens is 293 g/mol. The van der Waals surface area contributed by atoms with Crippen LogP contribution in [0.15, 0.2) is 36.5 Å². The second-order valence-electron chi connectivity index (χ2n) is 5.90. The van der Waals surface area contributed by atoms with E-state index in [4.69, 9.17) is 4.74 Å². The number of ether oxygens (including phenoxy) is 1. The molecule has 120 valence electrons. The first-order valence-corrected chi connectivity index (χ1v) is 8.06. The zero-order valence-electron chi connectivity index (χ0n) is 13.2. The van der Waals surface area contributed by atoms with Gasteiger partial charge in [-0.05, 0) is 67.5 Å². The molecule has 1 heterocycles. The van der Waals surface area contributed by atoms with Crippen molar-refractivity contribution in [2.75, 3.05) is 6.61 Å². The molecule has 0 radical (unpaired) electrons. The summed E-state index contributed by atoms with van der Waals surface area (Å²) < 4.78 is 18.6. The Balaban J connectivity index is 1.80. The second-order valence-corrected chi connectivity index (χ2v) is 5.90. The molecule has 1 aromatic carbocycles. The van der Waals surface area contributed by atoms with E-state index in [1.807, 2.05) is 13.0 Å². The number of carbonyl (C=O) groups is 1. The van der Waals surface area contributed by atoms with Gasteiger partial charge in [0.2, 0.25) is 0 Å². The molecule has 0 bridgehead atoms. The van der Waals surface area contributed by atoms with Gasteiger partial charge >= 0.3 is 5.97 Å². The highest BCUT2D eigenvalue weighted by Crippen LogP contribution is 2.34. The summed E-state index contributed by atoms with van der Waals surface area (Å²) in [5, 5.41) is 0.850. The third-order valence-corrected chi connectivity index (χ3v) is 4.33. The van der Waals surface area contributed by atoms with Crippen LogP contribution in [0.2, 0.25) is 0 Å². The molecule has 0 spiro atoms. The lowest BCUT2D eigenvalue weighted by molar-refractivity contribution is -0.144. The number of allylic oxidation sites excluding steroid dienone is 2. The first-order valence-electron chi connectivity index (χ1n) is 8.06. The third kappa shape index (κ3) is 3.58. The fraction of sp³-hybridized carbons (Fsp3) is 0.368. The minimum absolute atomic E-state index is 0.120. The van der Waals surface area contributed by atoms with Crippen LogP contribution >= 0.6 is 0 Å². The molecule has 3 nitrogen and oxygen atoms in total. The van der Waals surface area contributed by atoms with Crippen molar-refractivity contribution in [3.63, 3.8) is 0 Å². The number of pyridine rings is 1. The highest BCUT2D eigenvalue weighted by molar-refractivity contribution is 5.91. The van der Waals surface area contributed by atoms with Crippen LogP contribution in [-0.4, -0.2) is 17.6 Å². The monoisotopic (exact) mass is 313 g/mol. The van der Waals surface area contributed by atoms with Gasteiger partial charge in [-0.2, -0.15) is 0 Å². The van der Waals surface area contributed by atoms with Crippen molar-refractivity contribution in [1.82, 2.24) is 4.98 Å². The van der Waals surface area contributed by atoms with Crippen LogP contribution < -0.4 is 0 Å². The third-order valence-electron chi connectivity index (χ3n) is 4.33. The summed E-state index contributed by atoms with van der Waals surface area (Å²) in [5.41, 5.74) is 3.06. The number of carbonyl (C=O) groups excluding carboxylic acids is 1. The maximum Gasteiger partial charge on any atom is 0.306 e. The molecule has 1 aliphatic carbocycles. The number of esters is 1. The molecule has 0 saturated carbocycles. The molecule has 0 amide bonds. The van der Waals surface area contributed by atoms with E-state index in [1.165, 1.54) is 11.6 Å². The van der Waals surface area contributed by atoms with Crippen LogP contribution in [0.1, 0.15) is 38.2 Å². The number of benzene rings is 1. The smallest absolute Gasteiger partial charge is 0.306 e. The van der Waals surface area contributed by atoms with Gasteiger partial charge in [0.15, 0.2) is 0 Å². The zero-order chi connectivity index (χ0) is 16.2. The molecule has 0 aliphatic heterocycles. The Hall–Kier alpha value is -2.23. The van der Waals surface area contributed by atoms with Crippen LogP contribution in [0.4, 0.5) is 4.39 Å². The van der Waals surface area contributed by atoms with E-state index >= 15 is 0 Å². The van der Waals surface area contributed by atoms with Crippen LogP contribution in [0.5, 0.6) is 0 Å². The summed E-state index contributed by atoms with van der Waals surface area (Å²) in [7, 11) is 0. The molecule has 1 aliphatic rings. The Morgan fingerprint density at radius 1 is 1.39 bits per heavy atom. The summed E-state index contributed by atoms with van der Waals surface area (Å²) >= 11 is 0. The number of nitrogens with zero attached hydrogens (tertiary/aromatic N) is 1. The van der Waals surface area contributed by atoms with Crippen molar-refractivity contribution < 1.29 is 13.9 Å². The SMILES string of the molecule is CCOC(=O)CC1CC=C(c2ccnc3ccc(F)cc23)CC1. The number of fused-ring (bicyclic) bond motifs is 1. The number of halogens is 1. The summed E-state index contributed by atoms with van der Waals surface area (Å²) in [6.45, 7) is 2.26. The van der Waals surface area contributed by atoms with Gasteiger partial charge in [0.05, 0.1) is 12.1 Å². The van der Waals surface area contributed by atoms with E-state index in [0.717, 1.165) is 35.7 Å². The number of hydrogen-bond acceptors (Lipinski definition) is 3. The Bertz CT molecular complexity index is 754. The zero-order valence-corrected chi connectivity index (χ0v) is 13.2. The van der Waals surface area contributed by atoms with E-state index in [-0.39, 0.29) is 11.8 Å². The molecule has 0 saturated heterocycles. The molecule has 1 unspecified atom stereocenters. The van der Waals surface area contributed by atoms with Gasteiger partial charge in [-0.25, -0.2) is 4.39 Å². The summed E-state index contributed by atoms with van der Waals surface area (Å²) in [6, 6.07) is 6.63. The Morgan fingerprint density at radius 3 is 3.00 bits per heavy atom. The van der Waals surface area contributed by atoms with Crippen molar-refractivity contribution in [3.05, 3.63) is 47.9 Å². The second kappa shape index (κ2) is 6.90. The maximum atomic E-state index is 13.6. The van der Waals surface area contributed by atoms with Crippen molar-refractivity contribution in [3.8, 4) is 0 Å². The summed E-state index contributed by atoms with van der Waals surface area (Å²) in [5.74, 6) is -0.0308. The summed E-state index contributed by atoms with van der Waals surface area (Å²) in [4.78, 5) is 15.9. The van der Waals surface area contributed by atoms with Gasteiger partial charge in [-0.1, -0.05) is 6.08 Å². The van der Waals surface area contributed by atoms with Crippen molar-refractivity contribution in [2.45, 2.75) is 32.6 Å². The van der Waals surface area contributed by atoms with E-state index in [2.05, 4.69) is 11.1 Å². The molecule has 4 heteroatoms. The van der Waals surface area contributed by atoms with Gasteiger partial charge in [-0.3, -0.25) is 9.78 Å². The quantitative estimate of drug-likeness (QED) is 0.780. The Morgan fingerprint density at radius 2 is 2.26 bits per heavy atom. The molecular formula is C19H20FNO2.